The third kappa shape index (κ3) is 5.30. The maximum atomic E-state index is 14.1. The number of hydrogen-bond acceptors (Lipinski definition) is 6. The van der Waals surface area contributed by atoms with Crippen molar-refractivity contribution in [2.24, 2.45) is 0 Å². The number of nitro groups is 1. The molecule has 1 aliphatic carbocycles. The lowest BCUT2D eigenvalue weighted by molar-refractivity contribution is -0.384. The molecule has 4 rings (SSSR count). The maximum Gasteiger partial charge on any atom is 0.312 e. The Bertz CT molecular complexity index is 1120. The maximum absolute atomic E-state index is 14.1. The summed E-state index contributed by atoms with van der Waals surface area (Å²) in [6.07, 6.45) is 1.75. The average Bonchev–Trinajstić information content (AvgIpc) is 3.64. The zero-order chi connectivity index (χ0) is 23.5. The SMILES string of the molecule is O=C(NC1CC1)C(=O)N1CCN(C(=O)c2cc([N+](=O)[O-])ccc2Sc2ccccc2F)CC1. The monoisotopic (exact) mass is 472 g/mol. The topological polar surface area (TPSA) is 113 Å². The van der Waals surface area contributed by atoms with Crippen LogP contribution in [-0.4, -0.2) is 64.7 Å². The van der Waals surface area contributed by atoms with E-state index in [9.17, 15) is 28.9 Å². The number of non-ortho nitro benzene ring substituents is 1. The number of nitrogens with one attached hydrogen (secondary N) is 1. The summed E-state index contributed by atoms with van der Waals surface area (Å²) in [6.45, 7) is 0.697. The number of hydrogen-bond donors (Lipinski definition) is 1. The van der Waals surface area contributed by atoms with E-state index in [0.29, 0.717) is 4.90 Å². The van der Waals surface area contributed by atoms with Crippen molar-refractivity contribution >= 4 is 35.2 Å². The highest BCUT2D eigenvalue weighted by atomic mass is 32.2. The van der Waals surface area contributed by atoms with Crippen LogP contribution in [0.1, 0.15) is 23.2 Å². The Labute approximate surface area is 193 Å². The molecule has 172 valence electrons. The highest BCUT2D eigenvalue weighted by Crippen LogP contribution is 2.34. The fourth-order valence-corrected chi connectivity index (χ4v) is 4.38. The summed E-state index contributed by atoms with van der Waals surface area (Å²) in [4.78, 5) is 51.8. The van der Waals surface area contributed by atoms with Gasteiger partial charge in [-0.3, -0.25) is 24.5 Å². The number of halogens is 1. The molecule has 0 radical (unpaired) electrons. The van der Waals surface area contributed by atoms with E-state index < -0.39 is 28.5 Å². The van der Waals surface area contributed by atoms with Gasteiger partial charge in [-0.05, 0) is 31.0 Å². The molecule has 11 heteroatoms. The Morgan fingerprint density at radius 1 is 1.00 bits per heavy atom. The number of rotatable bonds is 5. The van der Waals surface area contributed by atoms with Crippen LogP contribution < -0.4 is 5.32 Å². The van der Waals surface area contributed by atoms with E-state index in [2.05, 4.69) is 5.32 Å². The fourth-order valence-electron chi connectivity index (χ4n) is 3.44. The highest BCUT2D eigenvalue weighted by Gasteiger charge is 2.32. The van der Waals surface area contributed by atoms with Gasteiger partial charge < -0.3 is 15.1 Å². The lowest BCUT2D eigenvalue weighted by Gasteiger charge is -2.34. The van der Waals surface area contributed by atoms with Crippen molar-refractivity contribution in [3.8, 4) is 0 Å². The van der Waals surface area contributed by atoms with Gasteiger partial charge in [0, 0.05) is 54.1 Å². The number of amides is 3. The summed E-state index contributed by atoms with van der Waals surface area (Å²) >= 11 is 1.01. The number of carbonyl (C=O) groups excluding carboxylic acids is 3. The molecule has 3 amide bonds. The molecule has 2 aliphatic rings. The molecule has 1 saturated carbocycles. The van der Waals surface area contributed by atoms with Gasteiger partial charge in [-0.25, -0.2) is 4.39 Å². The zero-order valence-corrected chi connectivity index (χ0v) is 18.3. The fraction of sp³-hybridized carbons (Fsp3) is 0.318. The molecule has 1 N–H and O–H groups in total. The molecule has 0 bridgehead atoms. The van der Waals surface area contributed by atoms with Crippen LogP contribution in [-0.2, 0) is 9.59 Å². The Morgan fingerprint density at radius 2 is 1.67 bits per heavy atom. The first-order chi connectivity index (χ1) is 15.8. The predicted molar refractivity (Wildman–Crippen MR) is 117 cm³/mol. The van der Waals surface area contributed by atoms with Crippen molar-refractivity contribution < 1.29 is 23.7 Å². The standard InChI is InChI=1S/C22H21FN4O5S/c23-17-3-1-2-4-19(17)33-18-8-7-15(27(31)32)13-16(18)21(29)25-9-11-26(12-10-25)22(30)20(28)24-14-5-6-14/h1-4,7-8,13-14H,5-6,9-12H2,(H,24,28). The highest BCUT2D eigenvalue weighted by molar-refractivity contribution is 7.99. The molecule has 2 aromatic carbocycles. The Kier molecular flexibility index (Phi) is 6.59. The van der Waals surface area contributed by atoms with Crippen molar-refractivity contribution in [1.82, 2.24) is 15.1 Å². The summed E-state index contributed by atoms with van der Waals surface area (Å²) in [5.41, 5.74) is -0.162. The van der Waals surface area contributed by atoms with Gasteiger partial charge in [-0.1, -0.05) is 23.9 Å². The third-order valence-electron chi connectivity index (χ3n) is 5.42. The van der Waals surface area contributed by atoms with E-state index in [1.165, 1.54) is 34.1 Å². The van der Waals surface area contributed by atoms with E-state index in [1.54, 1.807) is 18.2 Å². The molecule has 1 aliphatic heterocycles. The first-order valence-electron chi connectivity index (χ1n) is 10.4. The molecule has 2 fully saturated rings. The molecule has 9 nitrogen and oxygen atoms in total. The largest absolute Gasteiger partial charge is 0.345 e. The summed E-state index contributed by atoms with van der Waals surface area (Å²) in [6, 6.07) is 10.0. The van der Waals surface area contributed by atoms with Crippen LogP contribution in [0.5, 0.6) is 0 Å². The number of carbonyl (C=O) groups is 3. The van der Waals surface area contributed by atoms with Gasteiger partial charge in [0.25, 0.3) is 11.6 Å². The third-order valence-corrected chi connectivity index (χ3v) is 6.55. The molecular weight excluding hydrogens is 451 g/mol. The van der Waals surface area contributed by atoms with Crippen LogP contribution in [0.3, 0.4) is 0 Å². The molecule has 0 aromatic heterocycles. The smallest absolute Gasteiger partial charge is 0.312 e. The molecular formula is C22H21FN4O5S. The summed E-state index contributed by atoms with van der Waals surface area (Å²) in [5, 5.41) is 13.9. The molecule has 0 spiro atoms. The first-order valence-corrected chi connectivity index (χ1v) is 11.2. The molecule has 0 atom stereocenters. The van der Waals surface area contributed by atoms with Crippen LogP contribution in [0.25, 0.3) is 0 Å². The van der Waals surface area contributed by atoms with Gasteiger partial charge >= 0.3 is 11.8 Å². The van der Waals surface area contributed by atoms with Crippen molar-refractivity contribution in [3.05, 3.63) is 64.0 Å². The Balaban J connectivity index is 1.49. The lowest BCUT2D eigenvalue weighted by Crippen LogP contribution is -2.54. The van der Waals surface area contributed by atoms with E-state index in [1.807, 2.05) is 0 Å². The van der Waals surface area contributed by atoms with Crippen molar-refractivity contribution in [2.75, 3.05) is 26.2 Å². The average molecular weight is 472 g/mol. The lowest BCUT2D eigenvalue weighted by atomic mass is 10.1. The summed E-state index contributed by atoms with van der Waals surface area (Å²) < 4.78 is 14.1. The van der Waals surface area contributed by atoms with Crippen LogP contribution in [0, 0.1) is 15.9 Å². The predicted octanol–water partition coefficient (Wildman–Crippen LogP) is 2.45. The summed E-state index contributed by atoms with van der Waals surface area (Å²) in [7, 11) is 0. The second-order valence-electron chi connectivity index (χ2n) is 7.80. The van der Waals surface area contributed by atoms with Crippen molar-refractivity contribution in [1.29, 1.82) is 0 Å². The van der Waals surface area contributed by atoms with E-state index in [-0.39, 0.29) is 48.4 Å². The van der Waals surface area contributed by atoms with E-state index in [0.717, 1.165) is 24.6 Å². The van der Waals surface area contributed by atoms with Crippen molar-refractivity contribution in [3.63, 3.8) is 0 Å². The van der Waals surface area contributed by atoms with Gasteiger partial charge in [0.2, 0.25) is 0 Å². The Hall–Kier alpha value is -3.47. The van der Waals surface area contributed by atoms with Gasteiger partial charge in [0.15, 0.2) is 0 Å². The molecule has 1 saturated heterocycles. The number of nitro benzene ring substituents is 1. The van der Waals surface area contributed by atoms with E-state index >= 15 is 0 Å². The Morgan fingerprint density at radius 3 is 2.30 bits per heavy atom. The van der Waals surface area contributed by atoms with Crippen LogP contribution in [0.2, 0.25) is 0 Å². The summed E-state index contributed by atoms with van der Waals surface area (Å²) in [5.74, 6) is -2.18. The number of nitrogens with zero attached hydrogens (tertiary/aromatic N) is 3. The normalized spacial score (nSPS) is 15.8. The first kappa shape index (κ1) is 22.7. The molecule has 33 heavy (non-hydrogen) atoms. The minimum absolute atomic E-state index is 0.0727. The van der Waals surface area contributed by atoms with Gasteiger partial charge in [-0.15, -0.1) is 0 Å². The number of benzene rings is 2. The van der Waals surface area contributed by atoms with Crippen LogP contribution in [0.15, 0.2) is 52.3 Å². The minimum atomic E-state index is -0.639. The van der Waals surface area contributed by atoms with Gasteiger partial charge in [0.05, 0.1) is 10.5 Å². The second kappa shape index (κ2) is 9.57. The second-order valence-corrected chi connectivity index (χ2v) is 8.89. The quantitative estimate of drug-likeness (QED) is 0.406. The van der Waals surface area contributed by atoms with Gasteiger partial charge in [-0.2, -0.15) is 0 Å². The molecule has 2 aromatic rings. The minimum Gasteiger partial charge on any atom is -0.345 e. The number of piperazine rings is 1. The molecule has 0 unspecified atom stereocenters. The van der Waals surface area contributed by atoms with Crippen LogP contribution in [0.4, 0.5) is 10.1 Å². The van der Waals surface area contributed by atoms with Gasteiger partial charge in [0.1, 0.15) is 5.82 Å². The zero-order valence-electron chi connectivity index (χ0n) is 17.5. The van der Waals surface area contributed by atoms with Crippen molar-refractivity contribution in [2.45, 2.75) is 28.7 Å². The molecule has 1 heterocycles. The van der Waals surface area contributed by atoms with Crippen LogP contribution >= 0.6 is 11.8 Å². The van der Waals surface area contributed by atoms with E-state index in [4.69, 9.17) is 0 Å².